The van der Waals surface area contributed by atoms with Crippen molar-refractivity contribution < 1.29 is 9.84 Å². The van der Waals surface area contributed by atoms with Crippen LogP contribution >= 0.6 is 11.5 Å². The number of hydrogen-bond acceptors (Lipinski definition) is 6. The van der Waals surface area contributed by atoms with Crippen molar-refractivity contribution in [2.24, 2.45) is 0 Å². The van der Waals surface area contributed by atoms with Crippen LogP contribution in [0, 0.1) is 6.92 Å². The van der Waals surface area contributed by atoms with Gasteiger partial charge in [-0.1, -0.05) is 4.49 Å². The first-order valence-electron chi connectivity index (χ1n) is 5.66. The molecule has 1 atom stereocenters. The van der Waals surface area contributed by atoms with Gasteiger partial charge >= 0.3 is 0 Å². The zero-order chi connectivity index (χ0) is 13.1. The van der Waals surface area contributed by atoms with Crippen molar-refractivity contribution in [2.45, 2.75) is 33.0 Å². The van der Waals surface area contributed by atoms with Gasteiger partial charge in [-0.05, 0) is 38.4 Å². The monoisotopic (exact) mass is 265 g/mol. The van der Waals surface area contributed by atoms with Crippen molar-refractivity contribution in [1.29, 1.82) is 0 Å². The van der Waals surface area contributed by atoms with Gasteiger partial charge in [0.25, 0.3) is 0 Å². The highest BCUT2D eigenvalue weighted by Crippen LogP contribution is 2.28. The molecule has 6 heteroatoms. The Morgan fingerprint density at radius 3 is 2.72 bits per heavy atom. The summed E-state index contributed by atoms with van der Waals surface area (Å²) < 4.78 is 9.37. The molecule has 2 rings (SSSR count). The maximum atomic E-state index is 10.3. The molecule has 0 aliphatic carbocycles. The fourth-order valence-electron chi connectivity index (χ4n) is 1.56. The predicted octanol–water partition coefficient (Wildman–Crippen LogP) is 2.11. The number of hydrogen-bond donors (Lipinski definition) is 1. The molecule has 96 valence electrons. The summed E-state index contributed by atoms with van der Waals surface area (Å²) in [5.41, 5.74) is 1.42. The maximum absolute atomic E-state index is 10.3. The van der Waals surface area contributed by atoms with E-state index in [4.69, 9.17) is 4.74 Å². The van der Waals surface area contributed by atoms with Crippen molar-refractivity contribution in [1.82, 2.24) is 14.6 Å². The van der Waals surface area contributed by atoms with E-state index >= 15 is 0 Å². The first kappa shape index (κ1) is 12.9. The van der Waals surface area contributed by atoms with Crippen LogP contribution in [0.15, 0.2) is 18.5 Å². The molecular formula is C12H15N3O2S. The minimum absolute atomic E-state index is 0.0750. The van der Waals surface area contributed by atoms with Crippen LogP contribution in [-0.4, -0.2) is 25.8 Å². The summed E-state index contributed by atoms with van der Waals surface area (Å²) in [5, 5.41) is 14.1. The second kappa shape index (κ2) is 5.41. The summed E-state index contributed by atoms with van der Waals surface area (Å²) in [6.45, 7) is 5.71. The number of nitrogens with zero attached hydrogens (tertiary/aromatic N) is 3. The van der Waals surface area contributed by atoms with Crippen LogP contribution in [-0.2, 0) is 0 Å². The second-order valence-electron chi connectivity index (χ2n) is 4.25. The van der Waals surface area contributed by atoms with E-state index in [1.807, 2.05) is 20.8 Å². The number of aromatic nitrogens is 3. The summed E-state index contributed by atoms with van der Waals surface area (Å²) in [4.78, 5) is 4.81. The predicted molar refractivity (Wildman–Crippen MR) is 68.7 cm³/mol. The largest absolute Gasteiger partial charge is 0.489 e. The molecule has 0 aliphatic rings. The number of ether oxygens (including phenoxy) is 1. The number of aryl methyl sites for hydroxylation is 1. The van der Waals surface area contributed by atoms with E-state index in [1.54, 1.807) is 18.5 Å². The Labute approximate surface area is 110 Å². The van der Waals surface area contributed by atoms with Gasteiger partial charge in [-0.3, -0.25) is 4.98 Å². The van der Waals surface area contributed by atoms with Crippen molar-refractivity contribution in [2.75, 3.05) is 0 Å². The van der Waals surface area contributed by atoms with Crippen molar-refractivity contribution in [3.05, 3.63) is 34.6 Å². The fourth-order valence-corrected chi connectivity index (χ4v) is 2.22. The lowest BCUT2D eigenvalue weighted by Gasteiger charge is -2.12. The summed E-state index contributed by atoms with van der Waals surface area (Å²) in [6, 6.07) is 1.79. The van der Waals surface area contributed by atoms with E-state index in [9.17, 15) is 5.11 Å². The maximum Gasteiger partial charge on any atom is 0.138 e. The first-order chi connectivity index (χ1) is 8.58. The third kappa shape index (κ3) is 2.83. The van der Waals surface area contributed by atoms with Gasteiger partial charge in [0.05, 0.1) is 22.9 Å². The summed E-state index contributed by atoms with van der Waals surface area (Å²) in [7, 11) is 0. The minimum Gasteiger partial charge on any atom is -0.489 e. The van der Waals surface area contributed by atoms with Crippen LogP contribution < -0.4 is 4.74 Å². The van der Waals surface area contributed by atoms with Crippen LogP contribution in [0.2, 0.25) is 0 Å². The molecule has 0 spiro atoms. The zero-order valence-corrected chi connectivity index (χ0v) is 11.3. The van der Waals surface area contributed by atoms with Gasteiger partial charge in [-0.15, -0.1) is 5.10 Å². The third-order valence-electron chi connectivity index (χ3n) is 2.36. The van der Waals surface area contributed by atoms with Gasteiger partial charge in [0.15, 0.2) is 0 Å². The van der Waals surface area contributed by atoms with E-state index in [0.29, 0.717) is 11.3 Å². The van der Waals surface area contributed by atoms with E-state index in [0.717, 1.165) is 10.6 Å². The normalized spacial score (nSPS) is 12.7. The van der Waals surface area contributed by atoms with Crippen LogP contribution in [0.3, 0.4) is 0 Å². The SMILES string of the molecule is Cc1nnsc1C(O)c1cncc(OC(C)C)c1. The molecule has 0 aliphatic heterocycles. The van der Waals surface area contributed by atoms with Crippen molar-refractivity contribution >= 4 is 11.5 Å². The van der Waals surface area contributed by atoms with E-state index in [2.05, 4.69) is 14.6 Å². The number of rotatable bonds is 4. The molecule has 0 fully saturated rings. The summed E-state index contributed by atoms with van der Waals surface area (Å²) >= 11 is 1.19. The molecule has 1 N–H and O–H groups in total. The molecule has 0 saturated heterocycles. The van der Waals surface area contributed by atoms with Crippen LogP contribution in [0.4, 0.5) is 0 Å². The zero-order valence-electron chi connectivity index (χ0n) is 10.5. The lowest BCUT2D eigenvalue weighted by atomic mass is 10.1. The molecule has 18 heavy (non-hydrogen) atoms. The third-order valence-corrected chi connectivity index (χ3v) is 3.24. The van der Waals surface area contributed by atoms with E-state index in [1.165, 1.54) is 11.5 Å². The standard InChI is InChI=1S/C12H15N3O2S/c1-7(2)17-10-4-9(5-13-6-10)11(16)12-8(3)14-15-18-12/h4-7,11,16H,1-3H3. The van der Waals surface area contributed by atoms with E-state index in [-0.39, 0.29) is 6.10 Å². The highest BCUT2D eigenvalue weighted by atomic mass is 32.1. The molecule has 0 amide bonds. The highest BCUT2D eigenvalue weighted by Gasteiger charge is 2.17. The Balaban J connectivity index is 2.25. The Bertz CT molecular complexity index is 528. The van der Waals surface area contributed by atoms with Crippen LogP contribution in [0.1, 0.15) is 36.1 Å². The Morgan fingerprint density at radius 1 is 1.33 bits per heavy atom. The number of pyridine rings is 1. The summed E-state index contributed by atoms with van der Waals surface area (Å²) in [5.74, 6) is 0.650. The van der Waals surface area contributed by atoms with Crippen LogP contribution in [0.5, 0.6) is 5.75 Å². The lowest BCUT2D eigenvalue weighted by molar-refractivity contribution is 0.218. The highest BCUT2D eigenvalue weighted by molar-refractivity contribution is 7.05. The quantitative estimate of drug-likeness (QED) is 0.917. The smallest absolute Gasteiger partial charge is 0.138 e. The van der Waals surface area contributed by atoms with Crippen molar-refractivity contribution in [3.8, 4) is 5.75 Å². The molecule has 5 nitrogen and oxygen atoms in total. The number of aliphatic hydroxyl groups is 1. The van der Waals surface area contributed by atoms with Gasteiger partial charge in [-0.25, -0.2) is 0 Å². The summed E-state index contributed by atoms with van der Waals surface area (Å²) in [6.07, 6.45) is 2.57. The first-order valence-corrected chi connectivity index (χ1v) is 6.43. The Morgan fingerprint density at radius 2 is 2.11 bits per heavy atom. The molecule has 0 saturated carbocycles. The number of aliphatic hydroxyl groups excluding tert-OH is 1. The van der Waals surface area contributed by atoms with Crippen molar-refractivity contribution in [3.63, 3.8) is 0 Å². The van der Waals surface area contributed by atoms with Crippen LogP contribution in [0.25, 0.3) is 0 Å². The van der Waals surface area contributed by atoms with Gasteiger partial charge in [0.2, 0.25) is 0 Å². The van der Waals surface area contributed by atoms with Gasteiger partial charge in [0, 0.05) is 11.8 Å². The Kier molecular flexibility index (Phi) is 3.88. The average molecular weight is 265 g/mol. The molecule has 0 bridgehead atoms. The average Bonchev–Trinajstić information content (AvgIpc) is 2.74. The molecule has 2 heterocycles. The Hall–Kier alpha value is -1.53. The topological polar surface area (TPSA) is 68.1 Å². The molecule has 2 aromatic heterocycles. The second-order valence-corrected chi connectivity index (χ2v) is 5.03. The molecule has 2 aromatic rings. The van der Waals surface area contributed by atoms with E-state index < -0.39 is 6.10 Å². The molecule has 1 unspecified atom stereocenters. The molecular weight excluding hydrogens is 250 g/mol. The fraction of sp³-hybridized carbons (Fsp3) is 0.417. The van der Waals surface area contributed by atoms with Gasteiger partial charge < -0.3 is 9.84 Å². The van der Waals surface area contributed by atoms with Gasteiger partial charge in [0.1, 0.15) is 11.9 Å². The molecule has 0 aromatic carbocycles. The minimum atomic E-state index is -0.756. The lowest BCUT2D eigenvalue weighted by Crippen LogP contribution is -2.07. The molecule has 0 radical (unpaired) electrons. The van der Waals surface area contributed by atoms with Gasteiger partial charge in [-0.2, -0.15) is 0 Å².